The van der Waals surface area contributed by atoms with Crippen molar-refractivity contribution in [3.05, 3.63) is 18.2 Å². The van der Waals surface area contributed by atoms with Gasteiger partial charge in [0.1, 0.15) is 5.75 Å². The van der Waals surface area contributed by atoms with Crippen LogP contribution in [-0.4, -0.2) is 28.2 Å². The lowest BCUT2D eigenvalue weighted by molar-refractivity contribution is -0.118. The normalized spacial score (nSPS) is 10.6. The van der Waals surface area contributed by atoms with Gasteiger partial charge in [-0.25, -0.2) is 10.8 Å². The quantitative estimate of drug-likeness (QED) is 0.325. The van der Waals surface area contributed by atoms with Gasteiger partial charge in [-0.05, 0) is 19.1 Å². The van der Waals surface area contributed by atoms with Gasteiger partial charge in [-0.15, -0.1) is 0 Å². The summed E-state index contributed by atoms with van der Waals surface area (Å²) in [7, 11) is 0. The molecule has 2 rings (SSSR count). The molecule has 0 spiro atoms. The molecule has 0 radical (unpaired) electrons. The van der Waals surface area contributed by atoms with E-state index in [-0.39, 0.29) is 11.7 Å². The molecule has 0 aliphatic heterocycles. The number of nitrogens with two attached hydrogens (primary N) is 1. The number of nitrogens with zero attached hydrogens (tertiary/aromatic N) is 1. The predicted octanol–water partition coefficient (Wildman–Crippen LogP) is 1.04. The second-order valence-electron chi connectivity index (χ2n) is 3.51. The summed E-state index contributed by atoms with van der Waals surface area (Å²) in [6.07, 6.45) is 0. The Morgan fingerprint density at radius 1 is 1.61 bits per heavy atom. The largest absolute Gasteiger partial charge is 0.494 e. The third kappa shape index (κ3) is 2.93. The highest BCUT2D eigenvalue weighted by Gasteiger charge is 2.06. The number of nitrogens with one attached hydrogen (secondary N) is 2. The Balaban J connectivity index is 2.14. The first-order chi connectivity index (χ1) is 8.72. The van der Waals surface area contributed by atoms with Crippen LogP contribution >= 0.6 is 11.8 Å². The van der Waals surface area contributed by atoms with E-state index in [1.807, 2.05) is 25.1 Å². The number of imidazole rings is 1. The van der Waals surface area contributed by atoms with Crippen LogP contribution in [0, 0.1) is 0 Å². The first-order valence-electron chi connectivity index (χ1n) is 5.47. The van der Waals surface area contributed by atoms with E-state index in [2.05, 4.69) is 15.4 Å². The fourth-order valence-corrected chi connectivity index (χ4v) is 2.16. The number of thioether (sulfide) groups is 1. The molecule has 18 heavy (non-hydrogen) atoms. The second-order valence-corrected chi connectivity index (χ2v) is 4.47. The zero-order chi connectivity index (χ0) is 13.0. The Morgan fingerprint density at radius 3 is 3.17 bits per heavy atom. The third-order valence-electron chi connectivity index (χ3n) is 2.24. The van der Waals surface area contributed by atoms with Crippen molar-refractivity contribution in [1.82, 2.24) is 15.4 Å². The summed E-state index contributed by atoms with van der Waals surface area (Å²) < 4.78 is 5.40. The standard InChI is InChI=1S/C11H14N4O2S/c1-2-17-7-3-4-8-9(5-7)14-11(13-8)18-6-10(16)15-12/h3-5H,2,6,12H2,1H3,(H,13,14)(H,15,16). The summed E-state index contributed by atoms with van der Waals surface area (Å²) in [5.74, 6) is 5.79. The number of rotatable bonds is 5. The van der Waals surface area contributed by atoms with Crippen LogP contribution < -0.4 is 16.0 Å². The van der Waals surface area contributed by atoms with Crippen LogP contribution in [0.25, 0.3) is 11.0 Å². The van der Waals surface area contributed by atoms with Crippen LogP contribution in [0.1, 0.15) is 6.92 Å². The smallest absolute Gasteiger partial charge is 0.244 e. The molecule has 1 aromatic heterocycles. The fourth-order valence-electron chi connectivity index (χ4n) is 1.47. The van der Waals surface area contributed by atoms with E-state index in [0.29, 0.717) is 11.8 Å². The predicted molar refractivity (Wildman–Crippen MR) is 70.3 cm³/mol. The summed E-state index contributed by atoms with van der Waals surface area (Å²) in [5.41, 5.74) is 3.80. The van der Waals surface area contributed by atoms with E-state index in [1.54, 1.807) is 0 Å². The topological polar surface area (TPSA) is 93.0 Å². The van der Waals surface area contributed by atoms with Crippen molar-refractivity contribution in [2.45, 2.75) is 12.1 Å². The molecule has 0 bridgehead atoms. The number of carbonyl (C=O) groups is 1. The van der Waals surface area contributed by atoms with E-state index in [1.165, 1.54) is 11.8 Å². The molecule has 7 heteroatoms. The zero-order valence-corrected chi connectivity index (χ0v) is 10.7. The molecule has 0 saturated heterocycles. The maximum absolute atomic E-state index is 11.0. The maximum Gasteiger partial charge on any atom is 0.244 e. The first kappa shape index (κ1) is 12.7. The number of amides is 1. The van der Waals surface area contributed by atoms with Gasteiger partial charge in [-0.3, -0.25) is 10.2 Å². The average molecular weight is 266 g/mol. The third-order valence-corrected chi connectivity index (χ3v) is 3.12. The fraction of sp³-hybridized carbons (Fsp3) is 0.273. The molecule has 2 aromatic rings. The molecule has 0 saturated carbocycles. The van der Waals surface area contributed by atoms with Gasteiger partial charge in [0, 0.05) is 6.07 Å². The van der Waals surface area contributed by atoms with Gasteiger partial charge in [-0.1, -0.05) is 11.8 Å². The molecule has 6 nitrogen and oxygen atoms in total. The Kier molecular flexibility index (Phi) is 4.06. The van der Waals surface area contributed by atoms with Gasteiger partial charge in [0.25, 0.3) is 0 Å². The molecule has 96 valence electrons. The highest BCUT2D eigenvalue weighted by Crippen LogP contribution is 2.23. The van der Waals surface area contributed by atoms with E-state index >= 15 is 0 Å². The van der Waals surface area contributed by atoms with Gasteiger partial charge < -0.3 is 9.72 Å². The van der Waals surface area contributed by atoms with Gasteiger partial charge in [-0.2, -0.15) is 0 Å². The summed E-state index contributed by atoms with van der Waals surface area (Å²) >= 11 is 1.30. The summed E-state index contributed by atoms with van der Waals surface area (Å²) in [6.45, 7) is 2.56. The number of carbonyl (C=O) groups excluding carboxylic acids is 1. The molecule has 0 aliphatic carbocycles. The van der Waals surface area contributed by atoms with E-state index in [9.17, 15) is 4.79 Å². The average Bonchev–Trinajstić information content (AvgIpc) is 2.78. The summed E-state index contributed by atoms with van der Waals surface area (Å²) in [5, 5.41) is 0.683. The molecule has 4 N–H and O–H groups in total. The minimum atomic E-state index is -0.240. The van der Waals surface area contributed by atoms with Crippen molar-refractivity contribution < 1.29 is 9.53 Å². The lowest BCUT2D eigenvalue weighted by Crippen LogP contribution is -2.31. The molecule has 1 amide bonds. The van der Waals surface area contributed by atoms with E-state index in [4.69, 9.17) is 10.6 Å². The van der Waals surface area contributed by atoms with Crippen molar-refractivity contribution in [1.29, 1.82) is 0 Å². The van der Waals surface area contributed by atoms with Crippen LogP contribution in [0.4, 0.5) is 0 Å². The molecule has 0 unspecified atom stereocenters. The van der Waals surface area contributed by atoms with E-state index in [0.717, 1.165) is 16.8 Å². The number of aromatic amines is 1. The van der Waals surface area contributed by atoms with Crippen LogP contribution in [0.5, 0.6) is 5.75 Å². The Morgan fingerprint density at radius 2 is 2.44 bits per heavy atom. The van der Waals surface area contributed by atoms with Crippen molar-refractivity contribution >= 4 is 28.7 Å². The summed E-state index contributed by atoms with van der Waals surface area (Å²) in [4.78, 5) is 18.5. The maximum atomic E-state index is 11.0. The van der Waals surface area contributed by atoms with Crippen molar-refractivity contribution in [3.8, 4) is 5.75 Å². The lowest BCUT2D eigenvalue weighted by atomic mass is 10.3. The molecule has 0 aliphatic rings. The minimum Gasteiger partial charge on any atom is -0.494 e. The van der Waals surface area contributed by atoms with Crippen LogP contribution in [0.3, 0.4) is 0 Å². The number of fused-ring (bicyclic) bond motifs is 1. The van der Waals surface area contributed by atoms with Crippen molar-refractivity contribution in [3.63, 3.8) is 0 Å². The van der Waals surface area contributed by atoms with Gasteiger partial charge >= 0.3 is 0 Å². The van der Waals surface area contributed by atoms with Crippen molar-refractivity contribution in [2.75, 3.05) is 12.4 Å². The number of hydrogen-bond acceptors (Lipinski definition) is 5. The summed E-state index contributed by atoms with van der Waals surface area (Å²) in [6, 6.07) is 5.64. The van der Waals surface area contributed by atoms with Crippen LogP contribution in [-0.2, 0) is 4.79 Å². The number of ether oxygens (including phenoxy) is 1. The molecule has 1 heterocycles. The van der Waals surface area contributed by atoms with Gasteiger partial charge in [0.15, 0.2) is 5.16 Å². The van der Waals surface area contributed by atoms with Crippen LogP contribution in [0.15, 0.2) is 23.4 Å². The Hall–Kier alpha value is -1.73. The number of H-pyrrole nitrogens is 1. The van der Waals surface area contributed by atoms with E-state index < -0.39 is 0 Å². The number of aromatic nitrogens is 2. The monoisotopic (exact) mass is 266 g/mol. The van der Waals surface area contributed by atoms with Crippen LogP contribution in [0.2, 0.25) is 0 Å². The van der Waals surface area contributed by atoms with Crippen molar-refractivity contribution in [2.24, 2.45) is 5.84 Å². The minimum absolute atomic E-state index is 0.231. The number of benzene rings is 1. The van der Waals surface area contributed by atoms with Gasteiger partial charge in [0.05, 0.1) is 23.4 Å². The molecular formula is C11H14N4O2S. The molecule has 0 fully saturated rings. The highest BCUT2D eigenvalue weighted by atomic mass is 32.2. The lowest BCUT2D eigenvalue weighted by Gasteiger charge is -2.00. The molecule has 0 atom stereocenters. The first-order valence-corrected chi connectivity index (χ1v) is 6.46. The Labute approximate surface area is 108 Å². The second kappa shape index (κ2) is 5.74. The zero-order valence-electron chi connectivity index (χ0n) is 9.90. The Bertz CT molecular complexity index is 555. The molecule has 1 aromatic carbocycles. The highest BCUT2D eigenvalue weighted by molar-refractivity contribution is 7.99. The SMILES string of the molecule is CCOc1ccc2nc(SCC(=O)NN)[nH]c2c1. The molecular weight excluding hydrogens is 252 g/mol. The number of hydrogen-bond donors (Lipinski definition) is 3. The number of hydrazine groups is 1. The van der Waals surface area contributed by atoms with Gasteiger partial charge in [0.2, 0.25) is 5.91 Å².